The quantitative estimate of drug-likeness (QED) is 0.668. The van der Waals surface area contributed by atoms with Gasteiger partial charge in [-0.25, -0.2) is 0 Å². The molecule has 0 aliphatic carbocycles. The van der Waals surface area contributed by atoms with Gasteiger partial charge >= 0.3 is 0 Å². The van der Waals surface area contributed by atoms with Crippen molar-refractivity contribution in [2.75, 3.05) is 5.73 Å². The highest BCUT2D eigenvalue weighted by Crippen LogP contribution is 2.18. The van der Waals surface area contributed by atoms with Crippen LogP contribution in [0.5, 0.6) is 0 Å². The first kappa shape index (κ1) is 12.5. The van der Waals surface area contributed by atoms with Crippen molar-refractivity contribution in [3.8, 4) is 0 Å². The summed E-state index contributed by atoms with van der Waals surface area (Å²) in [6.45, 7) is 6.36. The summed E-state index contributed by atoms with van der Waals surface area (Å²) in [5.41, 5.74) is 9.13. The first-order valence-electron chi connectivity index (χ1n) is 6.71. The van der Waals surface area contributed by atoms with E-state index < -0.39 is 0 Å². The minimum Gasteiger partial charge on any atom is -0.398 e. The van der Waals surface area contributed by atoms with Crippen LogP contribution < -0.4 is 16.2 Å². The number of fused-ring (bicyclic) bond motifs is 1. The molecule has 0 aromatic heterocycles. The predicted octanol–water partition coefficient (Wildman–Crippen LogP) is 3.05. The molecule has 0 spiro atoms. The van der Waals surface area contributed by atoms with Gasteiger partial charge in [-0.3, -0.25) is 0 Å². The lowest BCUT2D eigenvalue weighted by Crippen LogP contribution is -2.26. The Morgan fingerprint density at radius 3 is 2.40 bits per heavy atom. The van der Waals surface area contributed by atoms with Crippen molar-refractivity contribution in [1.29, 1.82) is 0 Å². The second-order valence-electron chi connectivity index (χ2n) is 5.03. The fourth-order valence-corrected chi connectivity index (χ4v) is 2.67. The molecule has 0 heterocycles. The number of nitrogens with two attached hydrogens (primary N) is 1. The molecule has 0 saturated carbocycles. The molecule has 0 aliphatic rings. The lowest BCUT2D eigenvalue weighted by molar-refractivity contribution is 1.47. The average Bonchev–Trinajstić information content (AvgIpc) is 2.48. The lowest BCUT2D eigenvalue weighted by atomic mass is 9.99. The molecule has 0 atom stereocenters. The van der Waals surface area contributed by atoms with Gasteiger partial charge in [0.15, 0.2) is 0 Å². The van der Waals surface area contributed by atoms with E-state index in [1.807, 2.05) is 30.3 Å². The molecule has 3 aromatic carbocycles. The van der Waals surface area contributed by atoms with E-state index in [1.165, 1.54) is 16.3 Å². The Hall–Kier alpha value is -2.54. The van der Waals surface area contributed by atoms with E-state index in [1.54, 1.807) is 0 Å². The third-order valence-electron chi connectivity index (χ3n) is 3.81. The van der Waals surface area contributed by atoms with Gasteiger partial charge in [0.25, 0.3) is 0 Å². The van der Waals surface area contributed by atoms with Gasteiger partial charge in [-0.1, -0.05) is 61.2 Å². The molecule has 0 bridgehead atoms. The minimum atomic E-state index is 0.803. The Morgan fingerprint density at radius 1 is 0.900 bits per heavy atom. The highest BCUT2D eigenvalue weighted by atomic mass is 14.6. The summed E-state index contributed by atoms with van der Waals surface area (Å²) in [6, 6.07) is 20.6. The van der Waals surface area contributed by atoms with Crippen molar-refractivity contribution in [3.05, 3.63) is 76.7 Å². The molecule has 1 nitrogen and oxygen atoms in total. The van der Waals surface area contributed by atoms with Crippen molar-refractivity contribution < 1.29 is 0 Å². The van der Waals surface area contributed by atoms with E-state index in [-0.39, 0.29) is 0 Å². The number of hydrogen-bond donors (Lipinski definition) is 1. The SMILES string of the molecule is C=c1/c(=C(/C)c2ccccc2N)ccc2ccccc12. The largest absolute Gasteiger partial charge is 0.398 e. The number of rotatable bonds is 1. The number of anilines is 1. The molecule has 0 radical (unpaired) electrons. The van der Waals surface area contributed by atoms with Crippen molar-refractivity contribution in [2.45, 2.75) is 6.92 Å². The highest BCUT2D eigenvalue weighted by molar-refractivity contribution is 5.84. The summed E-state index contributed by atoms with van der Waals surface area (Å²) in [7, 11) is 0. The van der Waals surface area contributed by atoms with E-state index in [9.17, 15) is 0 Å². The fourth-order valence-electron chi connectivity index (χ4n) is 2.67. The van der Waals surface area contributed by atoms with Gasteiger partial charge in [-0.15, -0.1) is 0 Å². The van der Waals surface area contributed by atoms with Crippen molar-refractivity contribution >= 4 is 28.6 Å². The lowest BCUT2D eigenvalue weighted by Gasteiger charge is -2.07. The first-order valence-corrected chi connectivity index (χ1v) is 6.71. The van der Waals surface area contributed by atoms with E-state index in [4.69, 9.17) is 5.73 Å². The smallest absolute Gasteiger partial charge is 0.0390 e. The second kappa shape index (κ2) is 4.86. The maximum Gasteiger partial charge on any atom is 0.0390 e. The van der Waals surface area contributed by atoms with Gasteiger partial charge in [0.2, 0.25) is 0 Å². The summed E-state index contributed by atoms with van der Waals surface area (Å²) < 4.78 is 0. The van der Waals surface area contributed by atoms with Gasteiger partial charge in [0.05, 0.1) is 0 Å². The highest BCUT2D eigenvalue weighted by Gasteiger charge is 2.03. The zero-order valence-corrected chi connectivity index (χ0v) is 11.6. The number of nitrogen functional groups attached to an aromatic ring is 1. The number of para-hydroxylation sites is 1. The molecule has 0 aliphatic heterocycles. The zero-order chi connectivity index (χ0) is 14.1. The fraction of sp³-hybridized carbons (Fsp3) is 0.0526. The van der Waals surface area contributed by atoms with Crippen LogP contribution >= 0.6 is 0 Å². The summed E-state index contributed by atoms with van der Waals surface area (Å²) in [5.74, 6) is 0. The third-order valence-corrected chi connectivity index (χ3v) is 3.81. The van der Waals surface area contributed by atoms with Crippen LogP contribution in [0.1, 0.15) is 12.5 Å². The van der Waals surface area contributed by atoms with Crippen LogP contribution in [0.3, 0.4) is 0 Å². The van der Waals surface area contributed by atoms with Crippen molar-refractivity contribution in [2.24, 2.45) is 0 Å². The zero-order valence-electron chi connectivity index (χ0n) is 11.6. The molecule has 0 unspecified atom stereocenters. The standard InChI is InChI=1S/C19H17N/c1-13-16(12-11-15-7-3-4-8-17(13)15)14(2)18-9-5-6-10-19(18)20/h3-12H,1,20H2,2H3/b16-14-. The molecule has 3 aromatic rings. The Bertz CT molecular complexity index is 891. The van der Waals surface area contributed by atoms with Gasteiger partial charge in [-0.2, -0.15) is 0 Å². The molecule has 1 heteroatoms. The summed E-state index contributed by atoms with van der Waals surface area (Å²) in [4.78, 5) is 0. The maximum absolute atomic E-state index is 6.08. The Morgan fingerprint density at radius 2 is 1.60 bits per heavy atom. The number of benzene rings is 3. The van der Waals surface area contributed by atoms with E-state index >= 15 is 0 Å². The molecule has 2 N–H and O–H groups in total. The van der Waals surface area contributed by atoms with Crippen molar-refractivity contribution in [1.82, 2.24) is 0 Å². The Balaban J connectivity index is 2.40. The molecule has 98 valence electrons. The van der Waals surface area contributed by atoms with Crippen LogP contribution in [0, 0.1) is 0 Å². The minimum absolute atomic E-state index is 0.803. The Labute approximate surface area is 118 Å². The topological polar surface area (TPSA) is 26.0 Å². The van der Waals surface area contributed by atoms with Crippen LogP contribution in [0.15, 0.2) is 60.7 Å². The average molecular weight is 259 g/mol. The third kappa shape index (κ3) is 1.97. The molecule has 0 fully saturated rings. The maximum atomic E-state index is 6.08. The van der Waals surface area contributed by atoms with Crippen LogP contribution in [-0.2, 0) is 0 Å². The monoisotopic (exact) mass is 259 g/mol. The van der Waals surface area contributed by atoms with Gasteiger partial charge in [0.1, 0.15) is 0 Å². The number of hydrogen-bond acceptors (Lipinski definition) is 1. The van der Waals surface area contributed by atoms with Crippen molar-refractivity contribution in [3.63, 3.8) is 0 Å². The van der Waals surface area contributed by atoms with E-state index in [0.717, 1.165) is 21.7 Å². The molecule has 20 heavy (non-hydrogen) atoms. The summed E-state index contributed by atoms with van der Waals surface area (Å²) in [5, 5.41) is 4.62. The molecule has 3 rings (SSSR count). The van der Waals surface area contributed by atoms with Crippen LogP contribution in [0.2, 0.25) is 0 Å². The van der Waals surface area contributed by atoms with Crippen LogP contribution in [0.25, 0.3) is 22.9 Å². The predicted molar refractivity (Wildman–Crippen MR) is 87.8 cm³/mol. The molecular formula is C19H17N. The molecule has 0 amide bonds. The van der Waals surface area contributed by atoms with Crippen LogP contribution in [-0.4, -0.2) is 0 Å². The van der Waals surface area contributed by atoms with Gasteiger partial charge in [-0.05, 0) is 39.8 Å². The first-order chi connectivity index (χ1) is 9.68. The van der Waals surface area contributed by atoms with E-state index in [2.05, 4.69) is 43.8 Å². The Kier molecular flexibility index (Phi) is 3.03. The van der Waals surface area contributed by atoms with Gasteiger partial charge in [0, 0.05) is 11.3 Å². The normalized spacial score (nSPS) is 12.4. The van der Waals surface area contributed by atoms with Gasteiger partial charge < -0.3 is 5.73 Å². The second-order valence-corrected chi connectivity index (χ2v) is 5.03. The summed E-state index contributed by atoms with van der Waals surface area (Å²) >= 11 is 0. The summed E-state index contributed by atoms with van der Waals surface area (Å²) in [6.07, 6.45) is 0. The molecule has 0 saturated heterocycles. The van der Waals surface area contributed by atoms with E-state index in [0.29, 0.717) is 0 Å². The molecular weight excluding hydrogens is 242 g/mol. The van der Waals surface area contributed by atoms with Crippen LogP contribution in [0.4, 0.5) is 5.69 Å².